The third kappa shape index (κ3) is 5.26. The van der Waals surface area contributed by atoms with Gasteiger partial charge in [0.1, 0.15) is 5.69 Å². The predicted molar refractivity (Wildman–Crippen MR) is 112 cm³/mol. The molecule has 1 aromatic heterocycles. The van der Waals surface area contributed by atoms with Crippen molar-refractivity contribution in [3.63, 3.8) is 0 Å². The first-order valence-electron chi connectivity index (χ1n) is 10.9. The van der Waals surface area contributed by atoms with E-state index in [9.17, 15) is 22.8 Å². The van der Waals surface area contributed by atoms with Crippen molar-refractivity contribution < 1.29 is 22.8 Å². The number of rotatable bonds is 7. The SMILES string of the molecule is O=C(CCCC1CC1)c1ccc(N2CCN(C(=O)c3ccccc3C(F)(F)F)CC2)nn1. The van der Waals surface area contributed by atoms with E-state index in [0.29, 0.717) is 31.0 Å². The number of carbonyl (C=O) groups excluding carboxylic acids is 2. The second-order valence-corrected chi connectivity index (χ2v) is 8.36. The molecule has 0 bridgehead atoms. The number of hydrogen-bond acceptors (Lipinski definition) is 5. The molecular formula is C23H25F3N4O2. The Morgan fingerprint density at radius 3 is 2.31 bits per heavy atom. The molecule has 0 unspecified atom stereocenters. The van der Waals surface area contributed by atoms with Crippen LogP contribution in [0.25, 0.3) is 0 Å². The fourth-order valence-corrected chi connectivity index (χ4v) is 3.95. The maximum Gasteiger partial charge on any atom is 0.417 e. The zero-order valence-corrected chi connectivity index (χ0v) is 17.6. The molecule has 2 fully saturated rings. The van der Waals surface area contributed by atoms with E-state index in [1.807, 2.05) is 4.90 Å². The third-order valence-electron chi connectivity index (χ3n) is 6.00. The van der Waals surface area contributed by atoms with Crippen molar-refractivity contribution >= 4 is 17.5 Å². The van der Waals surface area contributed by atoms with E-state index in [4.69, 9.17) is 0 Å². The van der Waals surface area contributed by atoms with Crippen LogP contribution in [0.3, 0.4) is 0 Å². The molecule has 2 aliphatic rings. The van der Waals surface area contributed by atoms with Gasteiger partial charge in [0.25, 0.3) is 5.91 Å². The van der Waals surface area contributed by atoms with Gasteiger partial charge in [-0.2, -0.15) is 13.2 Å². The molecular weight excluding hydrogens is 421 g/mol. The maximum atomic E-state index is 13.2. The Kier molecular flexibility index (Phi) is 6.43. The van der Waals surface area contributed by atoms with Gasteiger partial charge in [-0.05, 0) is 36.6 Å². The summed E-state index contributed by atoms with van der Waals surface area (Å²) in [6, 6.07) is 8.24. The largest absolute Gasteiger partial charge is 0.417 e. The fraction of sp³-hybridized carbons (Fsp3) is 0.478. The van der Waals surface area contributed by atoms with Gasteiger partial charge in [-0.3, -0.25) is 9.59 Å². The number of halogens is 3. The molecule has 4 rings (SSSR count). The summed E-state index contributed by atoms with van der Waals surface area (Å²) in [4.78, 5) is 28.3. The number of anilines is 1. The Bertz CT molecular complexity index is 966. The third-order valence-corrected chi connectivity index (χ3v) is 6.00. The van der Waals surface area contributed by atoms with Crippen LogP contribution >= 0.6 is 0 Å². The molecule has 2 aromatic rings. The Morgan fingerprint density at radius 2 is 1.69 bits per heavy atom. The fourth-order valence-electron chi connectivity index (χ4n) is 3.95. The second kappa shape index (κ2) is 9.26. The molecule has 32 heavy (non-hydrogen) atoms. The minimum Gasteiger partial charge on any atom is -0.352 e. The number of aromatic nitrogens is 2. The van der Waals surface area contributed by atoms with Gasteiger partial charge in [0, 0.05) is 32.6 Å². The second-order valence-electron chi connectivity index (χ2n) is 8.36. The molecule has 6 nitrogen and oxygen atoms in total. The number of alkyl halides is 3. The van der Waals surface area contributed by atoms with Gasteiger partial charge in [-0.1, -0.05) is 31.4 Å². The monoisotopic (exact) mass is 446 g/mol. The van der Waals surface area contributed by atoms with Crippen molar-refractivity contribution in [2.75, 3.05) is 31.1 Å². The molecule has 9 heteroatoms. The van der Waals surface area contributed by atoms with Gasteiger partial charge < -0.3 is 9.80 Å². The first-order chi connectivity index (χ1) is 15.3. The summed E-state index contributed by atoms with van der Waals surface area (Å²) in [5.41, 5.74) is -0.907. The molecule has 0 spiro atoms. The zero-order valence-electron chi connectivity index (χ0n) is 17.6. The topological polar surface area (TPSA) is 66.4 Å². The summed E-state index contributed by atoms with van der Waals surface area (Å²) in [5, 5.41) is 8.22. The van der Waals surface area contributed by atoms with Crippen LogP contribution in [-0.2, 0) is 6.18 Å². The van der Waals surface area contributed by atoms with Gasteiger partial charge >= 0.3 is 6.18 Å². The number of nitrogens with zero attached hydrogens (tertiary/aromatic N) is 4. The van der Waals surface area contributed by atoms with Crippen LogP contribution in [0.4, 0.5) is 19.0 Å². The van der Waals surface area contributed by atoms with E-state index in [0.717, 1.165) is 24.8 Å². The van der Waals surface area contributed by atoms with E-state index in [-0.39, 0.29) is 24.4 Å². The molecule has 0 N–H and O–H groups in total. The van der Waals surface area contributed by atoms with Crippen LogP contribution in [0.5, 0.6) is 0 Å². The number of hydrogen-bond donors (Lipinski definition) is 0. The number of carbonyl (C=O) groups is 2. The van der Waals surface area contributed by atoms with Crippen LogP contribution in [0, 0.1) is 5.92 Å². The Morgan fingerprint density at radius 1 is 0.969 bits per heavy atom. The quantitative estimate of drug-likeness (QED) is 0.596. The minimum atomic E-state index is -4.58. The van der Waals surface area contributed by atoms with Crippen LogP contribution in [0.15, 0.2) is 36.4 Å². The highest BCUT2D eigenvalue weighted by molar-refractivity contribution is 5.96. The molecule has 1 saturated heterocycles. The number of amides is 1. The lowest BCUT2D eigenvalue weighted by Gasteiger charge is -2.35. The van der Waals surface area contributed by atoms with Crippen molar-refractivity contribution in [3.8, 4) is 0 Å². The Hall–Kier alpha value is -2.97. The van der Waals surface area contributed by atoms with E-state index in [1.165, 1.54) is 35.9 Å². The summed E-state index contributed by atoms with van der Waals surface area (Å²) in [6.45, 7) is 1.38. The standard InChI is InChI=1S/C23H25F3N4O2/c24-23(25,26)18-6-2-1-5-17(18)22(32)30-14-12-29(13-15-30)21-11-10-19(27-28-21)20(31)7-3-4-16-8-9-16/h1-2,5-6,10-11,16H,3-4,7-9,12-15H2. The first kappa shape index (κ1) is 22.2. The minimum absolute atomic E-state index is 0.0107. The number of ketones is 1. The van der Waals surface area contributed by atoms with E-state index in [1.54, 1.807) is 12.1 Å². The van der Waals surface area contributed by atoms with Gasteiger partial charge in [0.2, 0.25) is 0 Å². The Labute approximate surface area is 184 Å². The molecule has 1 saturated carbocycles. The van der Waals surface area contributed by atoms with E-state index in [2.05, 4.69) is 10.2 Å². The summed E-state index contributed by atoms with van der Waals surface area (Å²) < 4.78 is 39.7. The van der Waals surface area contributed by atoms with Crippen LogP contribution in [0.2, 0.25) is 0 Å². The number of Topliss-reactive ketones (excluding diaryl/α,β-unsaturated/α-hetero) is 1. The lowest BCUT2D eigenvalue weighted by Crippen LogP contribution is -2.49. The van der Waals surface area contributed by atoms with Crippen LogP contribution in [0.1, 0.15) is 58.5 Å². The van der Waals surface area contributed by atoms with Gasteiger partial charge in [-0.15, -0.1) is 10.2 Å². The highest BCUT2D eigenvalue weighted by Crippen LogP contribution is 2.34. The average Bonchev–Trinajstić information content (AvgIpc) is 3.63. The lowest BCUT2D eigenvalue weighted by molar-refractivity contribution is -0.138. The van der Waals surface area contributed by atoms with Gasteiger partial charge in [0.05, 0.1) is 11.1 Å². The normalized spacial score (nSPS) is 16.8. The van der Waals surface area contributed by atoms with Crippen LogP contribution < -0.4 is 4.90 Å². The molecule has 0 radical (unpaired) electrons. The molecule has 1 aliphatic carbocycles. The van der Waals surface area contributed by atoms with E-state index >= 15 is 0 Å². The van der Waals surface area contributed by atoms with Crippen molar-refractivity contribution in [3.05, 3.63) is 53.2 Å². The van der Waals surface area contributed by atoms with Crippen molar-refractivity contribution in [2.45, 2.75) is 38.3 Å². The van der Waals surface area contributed by atoms with Crippen LogP contribution in [-0.4, -0.2) is 53.0 Å². The Balaban J connectivity index is 1.32. The van der Waals surface area contributed by atoms with Crippen molar-refractivity contribution in [1.29, 1.82) is 0 Å². The highest BCUT2D eigenvalue weighted by Gasteiger charge is 2.36. The molecule has 1 aliphatic heterocycles. The summed E-state index contributed by atoms with van der Waals surface area (Å²) in [7, 11) is 0. The summed E-state index contributed by atoms with van der Waals surface area (Å²) >= 11 is 0. The highest BCUT2D eigenvalue weighted by atomic mass is 19.4. The average molecular weight is 446 g/mol. The zero-order chi connectivity index (χ0) is 22.7. The number of piperazine rings is 1. The predicted octanol–water partition coefficient (Wildman–Crippen LogP) is 4.22. The summed E-state index contributed by atoms with van der Waals surface area (Å²) in [6.07, 6.45) is 0.409. The molecule has 0 atom stereocenters. The maximum absolute atomic E-state index is 13.2. The summed E-state index contributed by atoms with van der Waals surface area (Å²) in [5.74, 6) is 0.741. The molecule has 2 heterocycles. The first-order valence-corrected chi connectivity index (χ1v) is 10.9. The molecule has 170 valence electrons. The lowest BCUT2D eigenvalue weighted by atomic mass is 10.1. The molecule has 1 aromatic carbocycles. The van der Waals surface area contributed by atoms with E-state index < -0.39 is 17.6 Å². The van der Waals surface area contributed by atoms with Crippen molar-refractivity contribution in [1.82, 2.24) is 15.1 Å². The number of benzene rings is 1. The van der Waals surface area contributed by atoms with Crippen molar-refractivity contribution in [2.24, 2.45) is 5.92 Å². The van der Waals surface area contributed by atoms with Gasteiger partial charge in [-0.25, -0.2) is 0 Å². The smallest absolute Gasteiger partial charge is 0.352 e. The molecule has 1 amide bonds. The van der Waals surface area contributed by atoms with Gasteiger partial charge in [0.15, 0.2) is 11.6 Å².